The molecule has 0 amide bonds. The molecule has 0 spiro atoms. The van der Waals surface area contributed by atoms with E-state index in [-0.39, 0.29) is 11.0 Å². The molecule has 0 saturated carbocycles. The Labute approximate surface area is 128 Å². The molecule has 0 aromatic heterocycles. The number of benzene rings is 1. The Morgan fingerprint density at radius 3 is 2.43 bits per heavy atom. The van der Waals surface area contributed by atoms with Crippen LogP contribution in [0.1, 0.15) is 32.3 Å². The lowest BCUT2D eigenvalue weighted by molar-refractivity contribution is 0.248. The van der Waals surface area contributed by atoms with Crippen LogP contribution in [0.3, 0.4) is 0 Å². The van der Waals surface area contributed by atoms with Crippen LogP contribution in [0.25, 0.3) is 6.08 Å². The maximum absolute atomic E-state index is 11.9. The third-order valence-electron chi connectivity index (χ3n) is 4.13. The minimum atomic E-state index is -2.86. The molecule has 1 aromatic carbocycles. The summed E-state index contributed by atoms with van der Waals surface area (Å²) in [5.74, 6) is 0.268. The molecule has 0 aliphatic carbocycles. The molecule has 4 heteroatoms. The van der Waals surface area contributed by atoms with Gasteiger partial charge in [-0.3, -0.25) is 4.90 Å². The van der Waals surface area contributed by atoms with Crippen molar-refractivity contribution in [2.75, 3.05) is 25.4 Å². The number of piperidine rings is 1. The van der Waals surface area contributed by atoms with E-state index in [1.54, 1.807) is 6.92 Å². The van der Waals surface area contributed by atoms with Crippen molar-refractivity contribution in [3.8, 4) is 0 Å². The van der Waals surface area contributed by atoms with Gasteiger partial charge in [0, 0.05) is 12.3 Å². The van der Waals surface area contributed by atoms with Gasteiger partial charge in [0.15, 0.2) is 9.84 Å². The number of likely N-dealkylation sites (tertiary alicyclic amines) is 1. The van der Waals surface area contributed by atoms with Gasteiger partial charge in [-0.05, 0) is 38.4 Å². The highest BCUT2D eigenvalue weighted by Crippen LogP contribution is 2.19. The summed E-state index contributed by atoms with van der Waals surface area (Å²) in [7, 11) is -2.86. The number of hydrogen-bond acceptors (Lipinski definition) is 3. The van der Waals surface area contributed by atoms with E-state index in [2.05, 4.69) is 30.0 Å². The van der Waals surface area contributed by atoms with Crippen molar-refractivity contribution in [1.82, 2.24) is 4.90 Å². The molecule has 1 aliphatic rings. The molecule has 21 heavy (non-hydrogen) atoms. The second kappa shape index (κ2) is 7.23. The van der Waals surface area contributed by atoms with Crippen LogP contribution < -0.4 is 0 Å². The van der Waals surface area contributed by atoms with Crippen LogP contribution in [-0.2, 0) is 9.84 Å². The summed E-state index contributed by atoms with van der Waals surface area (Å²) in [6.45, 7) is 6.57. The van der Waals surface area contributed by atoms with E-state index in [9.17, 15) is 8.42 Å². The molecule has 1 aromatic rings. The van der Waals surface area contributed by atoms with Crippen molar-refractivity contribution in [2.24, 2.45) is 0 Å². The fraction of sp³-hybridized carbons (Fsp3) is 0.529. The summed E-state index contributed by atoms with van der Waals surface area (Å²) < 4.78 is 23.8. The molecule has 0 atom stereocenters. The Morgan fingerprint density at radius 2 is 1.86 bits per heavy atom. The van der Waals surface area contributed by atoms with Crippen LogP contribution >= 0.6 is 0 Å². The number of rotatable bonds is 5. The van der Waals surface area contributed by atoms with Gasteiger partial charge in [-0.2, -0.15) is 0 Å². The molecule has 2 rings (SSSR count). The van der Waals surface area contributed by atoms with Crippen molar-refractivity contribution >= 4 is 15.9 Å². The Hall–Kier alpha value is -1.13. The third kappa shape index (κ3) is 4.68. The van der Waals surface area contributed by atoms with E-state index in [0.717, 1.165) is 32.5 Å². The van der Waals surface area contributed by atoms with E-state index in [1.165, 1.54) is 11.1 Å². The molecule has 1 heterocycles. The summed E-state index contributed by atoms with van der Waals surface area (Å²) in [5.41, 5.74) is 2.54. The van der Waals surface area contributed by atoms with Crippen molar-refractivity contribution < 1.29 is 8.42 Å². The van der Waals surface area contributed by atoms with Crippen LogP contribution in [0.15, 0.2) is 35.9 Å². The number of sulfone groups is 1. The summed E-state index contributed by atoms with van der Waals surface area (Å²) in [6, 6.07) is 10.3. The average Bonchev–Trinajstić information content (AvgIpc) is 2.48. The monoisotopic (exact) mass is 307 g/mol. The van der Waals surface area contributed by atoms with E-state index >= 15 is 0 Å². The number of hydrogen-bond donors (Lipinski definition) is 0. The molecule has 0 radical (unpaired) electrons. The van der Waals surface area contributed by atoms with E-state index in [1.807, 2.05) is 18.2 Å². The molecule has 0 bridgehead atoms. The Balaban J connectivity index is 1.88. The Kier molecular flexibility index (Phi) is 5.59. The largest absolute Gasteiger partial charge is 0.299 e. The van der Waals surface area contributed by atoms with Crippen LogP contribution in [0.4, 0.5) is 0 Å². The smallest absolute Gasteiger partial charge is 0.152 e. The maximum Gasteiger partial charge on any atom is 0.152 e. The highest BCUT2D eigenvalue weighted by Gasteiger charge is 2.28. The summed E-state index contributed by atoms with van der Waals surface area (Å²) >= 11 is 0. The molecule has 0 unspecified atom stereocenters. The first-order valence-corrected chi connectivity index (χ1v) is 9.39. The van der Waals surface area contributed by atoms with Crippen LogP contribution in [0.5, 0.6) is 0 Å². The minimum absolute atomic E-state index is 0.128. The summed E-state index contributed by atoms with van der Waals surface area (Å²) in [5, 5.41) is -0.128. The first-order chi connectivity index (χ1) is 10.0. The van der Waals surface area contributed by atoms with Gasteiger partial charge < -0.3 is 0 Å². The maximum atomic E-state index is 11.9. The van der Waals surface area contributed by atoms with Crippen molar-refractivity contribution in [3.63, 3.8) is 0 Å². The predicted octanol–water partition coefficient (Wildman–Crippen LogP) is 2.99. The number of nitrogens with zero attached hydrogens (tertiary/aromatic N) is 1. The molecule has 1 aliphatic heterocycles. The zero-order chi connectivity index (χ0) is 15.3. The molecule has 3 nitrogen and oxygen atoms in total. The lowest BCUT2D eigenvalue weighted by Gasteiger charge is -2.31. The molecule has 116 valence electrons. The first kappa shape index (κ1) is 16.2. The summed E-state index contributed by atoms with van der Waals surface area (Å²) in [4.78, 5) is 2.36. The third-order valence-corrected chi connectivity index (χ3v) is 6.42. The quantitative estimate of drug-likeness (QED) is 0.839. The SMILES string of the molecule is CCS(=O)(=O)C1CCN(C/C(C)=C/c2ccccc2)CC1. The van der Waals surface area contributed by atoms with Gasteiger partial charge in [0.05, 0.1) is 5.25 Å². The highest BCUT2D eigenvalue weighted by atomic mass is 32.2. The summed E-state index contributed by atoms with van der Waals surface area (Å²) in [6.07, 6.45) is 3.75. The lowest BCUT2D eigenvalue weighted by Crippen LogP contribution is -2.40. The standard InChI is InChI=1S/C17H25NO2S/c1-3-21(19,20)17-9-11-18(12-10-17)14-15(2)13-16-7-5-4-6-8-16/h4-8,13,17H,3,9-12,14H2,1-2H3/b15-13+. The topological polar surface area (TPSA) is 37.4 Å². The Bertz CT molecular complexity index is 570. The predicted molar refractivity (Wildman–Crippen MR) is 89.0 cm³/mol. The fourth-order valence-electron chi connectivity index (χ4n) is 2.89. The van der Waals surface area contributed by atoms with Gasteiger partial charge in [0.1, 0.15) is 0 Å². The van der Waals surface area contributed by atoms with E-state index in [0.29, 0.717) is 0 Å². The van der Waals surface area contributed by atoms with Crippen LogP contribution in [0, 0.1) is 0 Å². The lowest BCUT2D eigenvalue weighted by atomic mass is 10.1. The highest BCUT2D eigenvalue weighted by molar-refractivity contribution is 7.92. The molecule has 1 saturated heterocycles. The van der Waals surface area contributed by atoms with Crippen LogP contribution in [-0.4, -0.2) is 44.0 Å². The van der Waals surface area contributed by atoms with Gasteiger partial charge in [-0.25, -0.2) is 8.42 Å². The van der Waals surface area contributed by atoms with E-state index in [4.69, 9.17) is 0 Å². The van der Waals surface area contributed by atoms with Crippen molar-refractivity contribution in [3.05, 3.63) is 41.5 Å². The van der Waals surface area contributed by atoms with Gasteiger partial charge in [-0.1, -0.05) is 48.9 Å². The zero-order valence-corrected chi connectivity index (χ0v) is 13.8. The van der Waals surface area contributed by atoms with Gasteiger partial charge in [0.25, 0.3) is 0 Å². The average molecular weight is 307 g/mol. The minimum Gasteiger partial charge on any atom is -0.299 e. The normalized spacial score (nSPS) is 18.9. The second-order valence-electron chi connectivity index (χ2n) is 5.83. The molecule has 1 fully saturated rings. The molecule has 0 N–H and O–H groups in total. The van der Waals surface area contributed by atoms with Gasteiger partial charge in [0.2, 0.25) is 0 Å². The van der Waals surface area contributed by atoms with Gasteiger partial charge >= 0.3 is 0 Å². The van der Waals surface area contributed by atoms with Crippen LogP contribution in [0.2, 0.25) is 0 Å². The Morgan fingerprint density at radius 1 is 1.24 bits per heavy atom. The van der Waals surface area contributed by atoms with E-state index < -0.39 is 9.84 Å². The second-order valence-corrected chi connectivity index (χ2v) is 8.40. The van der Waals surface area contributed by atoms with Crippen molar-refractivity contribution in [1.29, 1.82) is 0 Å². The zero-order valence-electron chi connectivity index (χ0n) is 13.0. The van der Waals surface area contributed by atoms with Gasteiger partial charge in [-0.15, -0.1) is 0 Å². The molecular weight excluding hydrogens is 282 g/mol. The first-order valence-electron chi connectivity index (χ1n) is 7.67. The van der Waals surface area contributed by atoms with Crippen molar-refractivity contribution in [2.45, 2.75) is 31.9 Å². The molecular formula is C17H25NO2S. The fourth-order valence-corrected chi connectivity index (χ4v) is 4.29.